The molecule has 0 bridgehead atoms. The predicted molar refractivity (Wildman–Crippen MR) is 60.4 cm³/mol. The summed E-state index contributed by atoms with van der Waals surface area (Å²) in [4.78, 5) is 14.1. The average Bonchev–Trinajstić information content (AvgIpc) is 2.27. The highest BCUT2D eigenvalue weighted by atomic mass is 16.5. The molecule has 0 radical (unpaired) electrons. The second-order valence-electron chi connectivity index (χ2n) is 3.73. The normalized spacial score (nSPS) is 9.69. The van der Waals surface area contributed by atoms with Crippen LogP contribution in [0.15, 0.2) is 29.4 Å². The molecule has 1 rings (SSSR count). The maximum atomic E-state index is 11.5. The van der Waals surface area contributed by atoms with Gasteiger partial charge in [-0.15, -0.1) is 0 Å². The van der Waals surface area contributed by atoms with Gasteiger partial charge in [0, 0.05) is 10.6 Å². The number of rotatable bonds is 4. The highest BCUT2D eigenvalue weighted by Gasteiger charge is 2.07. The fraction of sp³-hybridized carbons (Fsp3) is 0.364. The molecule has 0 atom stereocenters. The Hall–Kier alpha value is -2.00. The second-order valence-corrected chi connectivity index (χ2v) is 3.73. The van der Waals surface area contributed by atoms with Crippen molar-refractivity contribution in [3.63, 3.8) is 0 Å². The molecule has 0 amide bonds. The third-order valence-electron chi connectivity index (χ3n) is 1.81. The van der Waals surface area contributed by atoms with E-state index in [1.165, 1.54) is 0 Å². The largest absolute Gasteiger partial charge is 0.462 e. The molecule has 0 saturated heterocycles. The monoisotopic (exact) mass is 219 g/mol. The van der Waals surface area contributed by atoms with Crippen molar-refractivity contribution in [1.29, 1.82) is 0 Å². The number of hydrogen-bond acceptors (Lipinski definition) is 3. The summed E-state index contributed by atoms with van der Waals surface area (Å²) >= 11 is 0. The quantitative estimate of drug-likeness (QED) is 0.336. The SMILES string of the molecule is CC(C)COC(=O)c1ccc(N=[N+]=[N-])cc1. The van der Waals surface area contributed by atoms with Gasteiger partial charge in [0.1, 0.15) is 0 Å². The zero-order chi connectivity index (χ0) is 12.0. The third kappa shape index (κ3) is 3.63. The van der Waals surface area contributed by atoms with Crippen LogP contribution in [-0.2, 0) is 4.74 Å². The first kappa shape index (κ1) is 12.1. The average molecular weight is 219 g/mol. The minimum Gasteiger partial charge on any atom is -0.462 e. The summed E-state index contributed by atoms with van der Waals surface area (Å²) in [5.74, 6) is -0.0485. The van der Waals surface area contributed by atoms with E-state index in [0.29, 0.717) is 23.8 Å². The molecule has 0 spiro atoms. The summed E-state index contributed by atoms with van der Waals surface area (Å²) in [7, 11) is 0. The summed E-state index contributed by atoms with van der Waals surface area (Å²) in [6.45, 7) is 4.34. The lowest BCUT2D eigenvalue weighted by Crippen LogP contribution is -2.09. The van der Waals surface area contributed by atoms with Crippen LogP contribution in [-0.4, -0.2) is 12.6 Å². The van der Waals surface area contributed by atoms with Crippen LogP contribution in [0.25, 0.3) is 10.4 Å². The van der Waals surface area contributed by atoms with Gasteiger partial charge < -0.3 is 4.74 Å². The number of nitrogens with zero attached hydrogens (tertiary/aromatic N) is 3. The summed E-state index contributed by atoms with van der Waals surface area (Å²) in [6.07, 6.45) is 0. The van der Waals surface area contributed by atoms with Crippen LogP contribution < -0.4 is 0 Å². The summed E-state index contributed by atoms with van der Waals surface area (Å²) in [6, 6.07) is 6.30. The topological polar surface area (TPSA) is 75.1 Å². The van der Waals surface area contributed by atoms with E-state index in [0.717, 1.165) is 0 Å². The first-order valence-electron chi connectivity index (χ1n) is 4.95. The minimum atomic E-state index is -0.360. The van der Waals surface area contributed by atoms with E-state index in [9.17, 15) is 4.79 Å². The Balaban J connectivity index is 2.66. The second kappa shape index (κ2) is 5.78. The molecule has 0 aliphatic carbocycles. The summed E-state index contributed by atoms with van der Waals surface area (Å²) in [5.41, 5.74) is 9.14. The van der Waals surface area contributed by atoms with Gasteiger partial charge >= 0.3 is 5.97 Å². The van der Waals surface area contributed by atoms with Crippen LogP contribution in [0.1, 0.15) is 24.2 Å². The molecule has 0 saturated carbocycles. The van der Waals surface area contributed by atoms with E-state index in [1.807, 2.05) is 13.8 Å². The van der Waals surface area contributed by atoms with Crippen LogP contribution in [0.4, 0.5) is 5.69 Å². The Labute approximate surface area is 93.7 Å². The van der Waals surface area contributed by atoms with E-state index in [-0.39, 0.29) is 5.97 Å². The Kier molecular flexibility index (Phi) is 4.36. The van der Waals surface area contributed by atoms with Gasteiger partial charge in [0.05, 0.1) is 12.2 Å². The van der Waals surface area contributed by atoms with Gasteiger partial charge in [-0.05, 0) is 23.6 Å². The van der Waals surface area contributed by atoms with Crippen molar-refractivity contribution < 1.29 is 9.53 Å². The predicted octanol–water partition coefficient (Wildman–Crippen LogP) is 3.44. The number of carbonyl (C=O) groups excluding carboxylic acids is 1. The molecule has 5 nitrogen and oxygen atoms in total. The fourth-order valence-electron chi connectivity index (χ4n) is 1.04. The summed E-state index contributed by atoms with van der Waals surface area (Å²) in [5, 5.41) is 3.41. The Morgan fingerprint density at radius 2 is 2.06 bits per heavy atom. The van der Waals surface area contributed by atoms with Gasteiger partial charge in [-0.25, -0.2) is 4.79 Å². The molecule has 0 heterocycles. The molecule has 0 N–H and O–H groups in total. The Morgan fingerprint density at radius 3 is 2.56 bits per heavy atom. The molecule has 1 aromatic carbocycles. The lowest BCUT2D eigenvalue weighted by atomic mass is 10.2. The summed E-state index contributed by atoms with van der Waals surface area (Å²) < 4.78 is 5.05. The number of benzene rings is 1. The van der Waals surface area contributed by atoms with Gasteiger partial charge in [-0.3, -0.25) is 0 Å². The number of hydrogen-bond donors (Lipinski definition) is 0. The van der Waals surface area contributed by atoms with Crippen LogP contribution in [0.3, 0.4) is 0 Å². The maximum absolute atomic E-state index is 11.5. The van der Waals surface area contributed by atoms with Crippen molar-refractivity contribution in [3.8, 4) is 0 Å². The Bertz CT molecular complexity index is 406. The number of azide groups is 1. The zero-order valence-corrected chi connectivity index (χ0v) is 9.25. The van der Waals surface area contributed by atoms with Crippen molar-refractivity contribution in [2.75, 3.05) is 6.61 Å². The molecule has 84 valence electrons. The molecule has 0 fully saturated rings. The molecule has 16 heavy (non-hydrogen) atoms. The first-order valence-corrected chi connectivity index (χ1v) is 4.95. The molecule has 0 aliphatic rings. The van der Waals surface area contributed by atoms with Crippen molar-refractivity contribution >= 4 is 11.7 Å². The molecule has 0 aromatic heterocycles. The van der Waals surface area contributed by atoms with E-state index in [1.54, 1.807) is 24.3 Å². The van der Waals surface area contributed by atoms with Crippen molar-refractivity contribution in [3.05, 3.63) is 40.3 Å². The van der Waals surface area contributed by atoms with Crippen LogP contribution in [0.2, 0.25) is 0 Å². The van der Waals surface area contributed by atoms with Crippen LogP contribution >= 0.6 is 0 Å². The maximum Gasteiger partial charge on any atom is 0.338 e. The minimum absolute atomic E-state index is 0.311. The van der Waals surface area contributed by atoms with Crippen LogP contribution in [0, 0.1) is 5.92 Å². The molecule has 1 aromatic rings. The highest BCUT2D eigenvalue weighted by molar-refractivity contribution is 5.89. The fourth-order valence-corrected chi connectivity index (χ4v) is 1.04. The number of carbonyl (C=O) groups is 1. The molecular formula is C11H13N3O2. The van der Waals surface area contributed by atoms with Crippen molar-refractivity contribution in [1.82, 2.24) is 0 Å². The van der Waals surface area contributed by atoms with Gasteiger partial charge in [0.2, 0.25) is 0 Å². The first-order chi connectivity index (χ1) is 7.63. The van der Waals surface area contributed by atoms with Gasteiger partial charge in [0.15, 0.2) is 0 Å². The van der Waals surface area contributed by atoms with Crippen molar-refractivity contribution in [2.45, 2.75) is 13.8 Å². The lowest BCUT2D eigenvalue weighted by Gasteiger charge is -2.06. The van der Waals surface area contributed by atoms with E-state index >= 15 is 0 Å². The highest BCUT2D eigenvalue weighted by Crippen LogP contribution is 2.13. The number of ether oxygens (including phenoxy) is 1. The molecule has 0 aliphatic heterocycles. The van der Waals surface area contributed by atoms with Gasteiger partial charge in [0.25, 0.3) is 0 Å². The third-order valence-corrected chi connectivity index (χ3v) is 1.81. The molecule has 0 unspecified atom stereocenters. The van der Waals surface area contributed by atoms with E-state index < -0.39 is 0 Å². The Morgan fingerprint density at radius 1 is 1.44 bits per heavy atom. The standard InChI is InChI=1S/C11H13N3O2/c1-8(2)7-16-11(15)9-3-5-10(6-4-9)13-14-12/h3-6,8H,7H2,1-2H3. The smallest absolute Gasteiger partial charge is 0.338 e. The molecular weight excluding hydrogens is 206 g/mol. The zero-order valence-electron chi connectivity index (χ0n) is 9.25. The van der Waals surface area contributed by atoms with Gasteiger partial charge in [-0.1, -0.05) is 31.1 Å². The lowest BCUT2D eigenvalue weighted by molar-refractivity contribution is 0.0459. The number of esters is 1. The van der Waals surface area contributed by atoms with E-state index in [4.69, 9.17) is 10.3 Å². The van der Waals surface area contributed by atoms with E-state index in [2.05, 4.69) is 10.0 Å². The van der Waals surface area contributed by atoms with Crippen molar-refractivity contribution in [2.24, 2.45) is 11.0 Å². The molecule has 5 heteroatoms. The van der Waals surface area contributed by atoms with Crippen LogP contribution in [0.5, 0.6) is 0 Å². The van der Waals surface area contributed by atoms with Gasteiger partial charge in [-0.2, -0.15) is 0 Å².